The van der Waals surface area contributed by atoms with Crippen LogP contribution < -0.4 is 0 Å². The van der Waals surface area contributed by atoms with Gasteiger partial charge in [0.25, 0.3) is 0 Å². The third-order valence-electron chi connectivity index (χ3n) is 8.54. The van der Waals surface area contributed by atoms with E-state index in [0.29, 0.717) is 17.8 Å². The van der Waals surface area contributed by atoms with Crippen LogP contribution in [0, 0.1) is 46.8 Å². The smallest absolute Gasteiger partial charge is 0.126 e. The summed E-state index contributed by atoms with van der Waals surface area (Å²) in [7, 11) is 0. The van der Waals surface area contributed by atoms with Gasteiger partial charge in [-0.25, -0.2) is 0 Å². The Labute approximate surface area is 134 Å². The van der Waals surface area contributed by atoms with Gasteiger partial charge in [0.05, 0.1) is 6.10 Å². The van der Waals surface area contributed by atoms with E-state index >= 15 is 0 Å². The molecule has 4 aliphatic rings. The highest BCUT2D eigenvalue weighted by Crippen LogP contribution is 2.68. The van der Waals surface area contributed by atoms with Crippen LogP contribution >= 0.6 is 0 Å². The fraction of sp³-hybridized carbons (Fsp3) is 0.900. The first-order valence-corrected chi connectivity index (χ1v) is 9.21. The molecule has 0 amide bonds. The molecule has 0 heterocycles. The Hall–Kier alpha value is -0.520. The average Bonchev–Trinajstić information content (AvgIpc) is 2.93. The lowest BCUT2D eigenvalue weighted by Gasteiger charge is -2.57. The average molecular weight is 302 g/mol. The van der Waals surface area contributed by atoms with Crippen molar-refractivity contribution in [2.75, 3.05) is 0 Å². The molecule has 4 rings (SSSR count). The van der Waals surface area contributed by atoms with Gasteiger partial charge in [0, 0.05) is 0 Å². The summed E-state index contributed by atoms with van der Waals surface area (Å²) in [6.45, 7) is 4.73. The van der Waals surface area contributed by atoms with E-state index in [1.54, 1.807) is 0 Å². The minimum Gasteiger partial charge on any atom is -0.393 e. The molecule has 4 aliphatic carbocycles. The molecule has 0 aromatic carbocycles. The van der Waals surface area contributed by atoms with Crippen molar-refractivity contribution in [1.82, 2.24) is 0 Å². The van der Waals surface area contributed by atoms with E-state index in [2.05, 4.69) is 19.8 Å². The van der Waals surface area contributed by atoms with Crippen molar-refractivity contribution in [3.8, 4) is 12.3 Å². The van der Waals surface area contributed by atoms with E-state index in [-0.39, 0.29) is 16.9 Å². The van der Waals surface area contributed by atoms with E-state index < -0.39 is 5.60 Å². The number of aliphatic hydroxyl groups is 2. The first kappa shape index (κ1) is 15.0. The summed E-state index contributed by atoms with van der Waals surface area (Å²) in [5.74, 6) is 5.39. The summed E-state index contributed by atoms with van der Waals surface area (Å²) in [6.07, 6.45) is 14.2. The zero-order valence-electron chi connectivity index (χ0n) is 14.0. The van der Waals surface area contributed by atoms with Crippen molar-refractivity contribution in [2.45, 2.75) is 76.9 Å². The zero-order valence-corrected chi connectivity index (χ0v) is 14.0. The Kier molecular flexibility index (Phi) is 3.09. The van der Waals surface area contributed by atoms with Gasteiger partial charge in [0.1, 0.15) is 5.60 Å². The fourth-order valence-corrected chi connectivity index (χ4v) is 7.34. The van der Waals surface area contributed by atoms with Crippen molar-refractivity contribution in [3.63, 3.8) is 0 Å². The van der Waals surface area contributed by atoms with Gasteiger partial charge in [-0.15, -0.1) is 6.42 Å². The summed E-state index contributed by atoms with van der Waals surface area (Å²) in [5.41, 5.74) is -0.519. The Morgan fingerprint density at radius 3 is 2.45 bits per heavy atom. The summed E-state index contributed by atoms with van der Waals surface area (Å²) in [4.78, 5) is 0. The molecule has 8 atom stereocenters. The minimum atomic E-state index is -0.871. The van der Waals surface area contributed by atoms with Gasteiger partial charge in [0.2, 0.25) is 0 Å². The minimum absolute atomic E-state index is 0.102. The Bertz CT molecular complexity index is 522. The molecule has 0 bridgehead atoms. The predicted molar refractivity (Wildman–Crippen MR) is 86.9 cm³/mol. The largest absolute Gasteiger partial charge is 0.393 e. The summed E-state index contributed by atoms with van der Waals surface area (Å²) in [5, 5.41) is 21.2. The molecule has 0 radical (unpaired) electrons. The third-order valence-corrected chi connectivity index (χ3v) is 8.54. The van der Waals surface area contributed by atoms with Gasteiger partial charge in [-0.2, -0.15) is 0 Å². The number of rotatable bonds is 0. The van der Waals surface area contributed by atoms with Crippen LogP contribution in [0.5, 0.6) is 0 Å². The molecule has 0 aromatic heterocycles. The summed E-state index contributed by atoms with van der Waals surface area (Å²) in [6, 6.07) is 0. The fourth-order valence-electron chi connectivity index (χ4n) is 7.34. The molecule has 2 heteroatoms. The number of fused-ring (bicyclic) bond motifs is 5. The Morgan fingerprint density at radius 1 is 1.00 bits per heavy atom. The quantitative estimate of drug-likeness (QED) is 0.674. The normalized spacial score (nSPS) is 60.2. The first-order valence-electron chi connectivity index (χ1n) is 9.21. The van der Waals surface area contributed by atoms with E-state index in [9.17, 15) is 10.2 Å². The first-order chi connectivity index (χ1) is 10.3. The lowest BCUT2D eigenvalue weighted by atomic mass is 9.48. The summed E-state index contributed by atoms with van der Waals surface area (Å²) >= 11 is 0. The second kappa shape index (κ2) is 4.52. The van der Waals surface area contributed by atoms with E-state index in [4.69, 9.17) is 6.42 Å². The molecule has 4 saturated carbocycles. The number of hydrogen-bond acceptors (Lipinski definition) is 2. The lowest BCUT2D eigenvalue weighted by Crippen LogP contribution is -2.51. The lowest BCUT2D eigenvalue weighted by molar-refractivity contribution is -0.101. The molecule has 2 N–H and O–H groups in total. The van der Waals surface area contributed by atoms with Gasteiger partial charge in [-0.05, 0) is 85.9 Å². The van der Waals surface area contributed by atoms with Gasteiger partial charge in [-0.3, -0.25) is 0 Å². The monoisotopic (exact) mass is 302 g/mol. The van der Waals surface area contributed by atoms with Crippen molar-refractivity contribution >= 4 is 0 Å². The van der Waals surface area contributed by atoms with E-state index in [1.807, 2.05) is 0 Å². The van der Waals surface area contributed by atoms with Gasteiger partial charge < -0.3 is 10.2 Å². The third kappa shape index (κ3) is 1.76. The molecule has 0 saturated heterocycles. The van der Waals surface area contributed by atoms with Crippen LogP contribution in [0.2, 0.25) is 0 Å². The topological polar surface area (TPSA) is 40.5 Å². The van der Waals surface area contributed by atoms with Crippen LogP contribution in [0.15, 0.2) is 0 Å². The molecule has 0 aliphatic heterocycles. The highest BCUT2D eigenvalue weighted by atomic mass is 16.3. The van der Waals surface area contributed by atoms with E-state index in [1.165, 1.54) is 25.7 Å². The number of aliphatic hydroxyl groups excluding tert-OH is 1. The highest BCUT2D eigenvalue weighted by Gasteiger charge is 2.63. The second-order valence-electron chi connectivity index (χ2n) is 9.35. The van der Waals surface area contributed by atoms with E-state index in [0.717, 1.165) is 31.6 Å². The van der Waals surface area contributed by atoms with Crippen LogP contribution in [0.3, 0.4) is 0 Å². The van der Waals surface area contributed by atoms with Crippen molar-refractivity contribution < 1.29 is 10.2 Å². The molecule has 2 nitrogen and oxygen atoms in total. The maximum absolute atomic E-state index is 10.7. The molecule has 0 aromatic rings. The van der Waals surface area contributed by atoms with Crippen molar-refractivity contribution in [2.24, 2.45) is 34.5 Å². The molecule has 4 fully saturated rings. The molecule has 0 spiro atoms. The second-order valence-corrected chi connectivity index (χ2v) is 9.35. The maximum atomic E-state index is 10.7. The van der Waals surface area contributed by atoms with Crippen molar-refractivity contribution in [3.05, 3.63) is 0 Å². The predicted octanol–water partition coefficient (Wildman–Crippen LogP) is 3.36. The Morgan fingerprint density at radius 2 is 1.73 bits per heavy atom. The van der Waals surface area contributed by atoms with Crippen LogP contribution in [-0.2, 0) is 0 Å². The van der Waals surface area contributed by atoms with Crippen LogP contribution in [0.4, 0.5) is 0 Å². The standard InChI is InChI=1S/C20H30O2/c1-4-20(22)11-13-5-6-14-15-7-8-17(21)18(15,2)10-9-16(14)19(13,3)12-20/h1,13-17,21-22H,5-12H2,2-3H3/t13?,14-,15-,16-,17-,18-,19-,20+/m0/s1. The molecule has 1 unspecified atom stereocenters. The van der Waals surface area contributed by atoms with Crippen LogP contribution in [0.1, 0.15) is 65.2 Å². The maximum Gasteiger partial charge on any atom is 0.126 e. The van der Waals surface area contributed by atoms with Gasteiger partial charge in [0.15, 0.2) is 0 Å². The zero-order chi connectivity index (χ0) is 15.8. The summed E-state index contributed by atoms with van der Waals surface area (Å²) < 4.78 is 0. The number of hydrogen-bond donors (Lipinski definition) is 2. The molecule has 22 heavy (non-hydrogen) atoms. The SMILES string of the molecule is C#C[C@@]1(O)CC2CC[C@H]3[C@@H]4CC[C@H](O)[C@@]4(C)CC[C@@H]3[C@@]2(C)C1. The van der Waals surface area contributed by atoms with Gasteiger partial charge >= 0.3 is 0 Å². The highest BCUT2D eigenvalue weighted by molar-refractivity contribution is 5.20. The Balaban J connectivity index is 1.66. The van der Waals surface area contributed by atoms with Gasteiger partial charge in [-0.1, -0.05) is 19.8 Å². The number of terminal acetylenes is 1. The van der Waals surface area contributed by atoms with Crippen molar-refractivity contribution in [1.29, 1.82) is 0 Å². The van der Waals surface area contributed by atoms with Crippen LogP contribution in [0.25, 0.3) is 0 Å². The molecule has 122 valence electrons. The molecular formula is C20H30O2. The molecular weight excluding hydrogens is 272 g/mol. The van der Waals surface area contributed by atoms with Crippen LogP contribution in [-0.4, -0.2) is 21.9 Å².